The molecule has 2 rings (SSSR count). The summed E-state index contributed by atoms with van der Waals surface area (Å²) in [6.07, 6.45) is 1.01. The van der Waals surface area contributed by atoms with E-state index in [4.69, 9.17) is 0 Å². The normalized spacial score (nSPS) is 10.3. The molecule has 0 saturated carbocycles. The molecule has 124 valence electrons. The highest BCUT2D eigenvalue weighted by molar-refractivity contribution is 8.01. The van der Waals surface area contributed by atoms with E-state index in [1.54, 1.807) is 11.4 Å². The minimum atomic E-state index is -0.460. The molecule has 2 N–H and O–H groups in total. The number of thioether (sulfide) groups is 1. The second-order valence-corrected chi connectivity index (χ2v) is 7.41. The number of rotatable bonds is 8. The molecular weight excluding hydrogens is 356 g/mol. The van der Waals surface area contributed by atoms with Crippen molar-refractivity contribution in [1.29, 1.82) is 0 Å². The molecule has 0 unspecified atom stereocenters. The summed E-state index contributed by atoms with van der Waals surface area (Å²) in [7, 11) is 1.31. The van der Waals surface area contributed by atoms with Crippen molar-refractivity contribution in [2.45, 2.75) is 17.7 Å². The molecule has 2 heterocycles. The molecule has 0 radical (unpaired) electrons. The Morgan fingerprint density at radius 3 is 2.96 bits per heavy atom. The lowest BCUT2D eigenvalue weighted by atomic mass is 10.4. The maximum absolute atomic E-state index is 12.0. The predicted octanol–water partition coefficient (Wildman–Crippen LogP) is 2.94. The van der Waals surface area contributed by atoms with E-state index in [1.807, 2.05) is 0 Å². The van der Waals surface area contributed by atoms with Crippen LogP contribution in [0.15, 0.2) is 15.8 Å². The summed E-state index contributed by atoms with van der Waals surface area (Å²) < 4.78 is 5.39. The Balaban J connectivity index is 1.84. The first-order chi connectivity index (χ1) is 11.1. The predicted molar refractivity (Wildman–Crippen MR) is 93.7 cm³/mol. The van der Waals surface area contributed by atoms with E-state index >= 15 is 0 Å². The molecule has 0 spiro atoms. The topological polar surface area (TPSA) is 93.2 Å². The van der Waals surface area contributed by atoms with Crippen LogP contribution in [0, 0.1) is 0 Å². The van der Waals surface area contributed by atoms with Crippen molar-refractivity contribution in [3.05, 3.63) is 16.3 Å². The highest BCUT2D eigenvalue weighted by atomic mass is 32.2. The van der Waals surface area contributed by atoms with E-state index in [2.05, 4.69) is 32.5 Å². The maximum Gasteiger partial charge on any atom is 0.350 e. The fraction of sp³-hybridized carbons (Fsp3) is 0.385. The number of esters is 1. The van der Waals surface area contributed by atoms with Gasteiger partial charge < -0.3 is 15.4 Å². The molecule has 7 nitrogen and oxygen atoms in total. The van der Waals surface area contributed by atoms with Crippen LogP contribution < -0.4 is 10.6 Å². The second-order valence-electron chi connectivity index (χ2n) is 4.29. The molecule has 1 amide bonds. The van der Waals surface area contributed by atoms with E-state index in [0.29, 0.717) is 10.6 Å². The Morgan fingerprint density at radius 1 is 1.39 bits per heavy atom. The van der Waals surface area contributed by atoms with Gasteiger partial charge >= 0.3 is 5.97 Å². The van der Waals surface area contributed by atoms with Gasteiger partial charge in [0, 0.05) is 6.54 Å². The first kappa shape index (κ1) is 17.7. The zero-order valence-electron chi connectivity index (χ0n) is 12.6. The average Bonchev–Trinajstić information content (AvgIpc) is 3.19. The van der Waals surface area contributed by atoms with Crippen LogP contribution in [0.3, 0.4) is 0 Å². The van der Waals surface area contributed by atoms with Crippen molar-refractivity contribution in [3.63, 3.8) is 0 Å². The Kier molecular flexibility index (Phi) is 6.81. The van der Waals surface area contributed by atoms with E-state index in [1.165, 1.54) is 41.5 Å². The summed E-state index contributed by atoms with van der Waals surface area (Å²) in [6, 6.07) is 1.68. The summed E-state index contributed by atoms with van der Waals surface area (Å²) in [5.74, 6) is -0.477. The maximum atomic E-state index is 12.0. The van der Waals surface area contributed by atoms with Gasteiger partial charge in [-0.1, -0.05) is 30.0 Å². The third-order valence-corrected chi connectivity index (χ3v) is 5.48. The van der Waals surface area contributed by atoms with Gasteiger partial charge in [0.05, 0.1) is 18.6 Å². The molecule has 0 saturated heterocycles. The van der Waals surface area contributed by atoms with Crippen molar-refractivity contribution in [2.24, 2.45) is 0 Å². The lowest BCUT2D eigenvalue weighted by Gasteiger charge is -2.04. The highest BCUT2D eigenvalue weighted by Crippen LogP contribution is 2.27. The summed E-state index contributed by atoms with van der Waals surface area (Å²) in [5, 5.41) is 16.3. The summed E-state index contributed by atoms with van der Waals surface area (Å²) in [4.78, 5) is 23.9. The molecule has 0 aliphatic carbocycles. The Hall–Kier alpha value is -1.65. The van der Waals surface area contributed by atoms with Crippen molar-refractivity contribution >= 4 is 57.1 Å². The van der Waals surface area contributed by atoms with Gasteiger partial charge in [0.1, 0.15) is 4.88 Å². The molecule has 0 atom stereocenters. The lowest BCUT2D eigenvalue weighted by molar-refractivity contribution is -0.113. The van der Waals surface area contributed by atoms with Gasteiger partial charge in [0.2, 0.25) is 11.0 Å². The molecule has 0 aliphatic rings. The van der Waals surface area contributed by atoms with Gasteiger partial charge in [-0.25, -0.2) is 4.79 Å². The number of methoxy groups -OCH3 is 1. The largest absolute Gasteiger partial charge is 0.465 e. The number of hydrogen-bond donors (Lipinski definition) is 2. The van der Waals surface area contributed by atoms with Crippen molar-refractivity contribution in [3.8, 4) is 0 Å². The number of amides is 1. The minimum Gasteiger partial charge on any atom is -0.465 e. The second kappa shape index (κ2) is 8.85. The summed E-state index contributed by atoms with van der Waals surface area (Å²) in [6.45, 7) is 2.91. The number of aromatic nitrogens is 2. The van der Waals surface area contributed by atoms with Crippen molar-refractivity contribution in [1.82, 2.24) is 10.2 Å². The van der Waals surface area contributed by atoms with Crippen LogP contribution in [-0.4, -0.2) is 41.5 Å². The highest BCUT2D eigenvalue weighted by Gasteiger charge is 2.16. The number of anilines is 2. The zero-order chi connectivity index (χ0) is 16.7. The molecule has 23 heavy (non-hydrogen) atoms. The molecule has 10 heteroatoms. The molecular formula is C13H16N4O3S3. The smallest absolute Gasteiger partial charge is 0.350 e. The molecule has 2 aromatic heterocycles. The van der Waals surface area contributed by atoms with Crippen LogP contribution in [-0.2, 0) is 9.53 Å². The van der Waals surface area contributed by atoms with E-state index in [-0.39, 0.29) is 11.7 Å². The number of ether oxygens (including phenoxy) is 1. The SMILES string of the molecule is CCCNc1nnc(SCC(=O)Nc2ccsc2C(=O)OC)s1. The Labute approximate surface area is 145 Å². The van der Waals surface area contributed by atoms with Gasteiger partial charge in [-0.15, -0.1) is 21.5 Å². The Bertz CT molecular complexity index is 671. The van der Waals surface area contributed by atoms with Gasteiger partial charge in [0.25, 0.3) is 0 Å². The van der Waals surface area contributed by atoms with E-state index < -0.39 is 5.97 Å². The first-order valence-corrected chi connectivity index (χ1v) is 9.48. The minimum absolute atomic E-state index is 0.193. The number of thiophene rings is 1. The average molecular weight is 372 g/mol. The number of carbonyl (C=O) groups is 2. The van der Waals surface area contributed by atoms with Gasteiger partial charge in [-0.2, -0.15) is 0 Å². The van der Waals surface area contributed by atoms with Crippen LogP contribution in [0.4, 0.5) is 10.8 Å². The van der Waals surface area contributed by atoms with Gasteiger partial charge in [-0.05, 0) is 17.9 Å². The van der Waals surface area contributed by atoms with Crippen LogP contribution in [0.25, 0.3) is 0 Å². The quantitative estimate of drug-likeness (QED) is 0.543. The number of hydrogen-bond acceptors (Lipinski definition) is 9. The van der Waals surface area contributed by atoms with Crippen LogP contribution in [0.2, 0.25) is 0 Å². The van der Waals surface area contributed by atoms with Crippen molar-refractivity contribution in [2.75, 3.05) is 30.0 Å². The van der Waals surface area contributed by atoms with Crippen molar-refractivity contribution < 1.29 is 14.3 Å². The van der Waals surface area contributed by atoms with E-state index in [9.17, 15) is 9.59 Å². The Morgan fingerprint density at radius 2 is 2.22 bits per heavy atom. The molecule has 0 aliphatic heterocycles. The first-order valence-electron chi connectivity index (χ1n) is 6.79. The lowest BCUT2D eigenvalue weighted by Crippen LogP contribution is -2.15. The zero-order valence-corrected chi connectivity index (χ0v) is 15.1. The summed E-state index contributed by atoms with van der Waals surface area (Å²) >= 11 is 3.94. The van der Waals surface area contributed by atoms with E-state index in [0.717, 1.165) is 22.4 Å². The molecule has 0 bridgehead atoms. The monoisotopic (exact) mass is 372 g/mol. The molecule has 0 fully saturated rings. The van der Waals surface area contributed by atoms with Crippen LogP contribution >= 0.6 is 34.4 Å². The summed E-state index contributed by atoms with van der Waals surface area (Å²) in [5.41, 5.74) is 0.468. The molecule has 0 aromatic carbocycles. The number of nitrogens with zero attached hydrogens (tertiary/aromatic N) is 2. The molecule has 2 aromatic rings. The third-order valence-electron chi connectivity index (χ3n) is 2.57. The van der Waals surface area contributed by atoms with Crippen LogP contribution in [0.5, 0.6) is 0 Å². The fourth-order valence-electron chi connectivity index (χ4n) is 1.54. The number of nitrogens with one attached hydrogen (secondary N) is 2. The fourth-order valence-corrected chi connectivity index (χ4v) is 3.89. The number of carbonyl (C=O) groups excluding carboxylic acids is 2. The van der Waals surface area contributed by atoms with Crippen LogP contribution in [0.1, 0.15) is 23.0 Å². The third kappa shape index (κ3) is 5.19. The standard InChI is InChI=1S/C13H16N4O3S3/c1-3-5-14-12-16-17-13(23-12)22-7-9(18)15-8-4-6-21-10(8)11(19)20-2/h4,6H,3,5,7H2,1-2H3,(H,14,16)(H,15,18). The van der Waals surface area contributed by atoms with Gasteiger partial charge in [-0.3, -0.25) is 4.79 Å². The van der Waals surface area contributed by atoms with Gasteiger partial charge in [0.15, 0.2) is 4.34 Å².